The molecule has 3 aliphatic rings. The molecule has 0 spiro atoms. The van der Waals surface area contributed by atoms with Crippen LogP contribution in [-0.2, 0) is 57.6 Å². The third kappa shape index (κ3) is 14.7. The maximum absolute atomic E-state index is 14.7. The number of hydrogen-bond donors (Lipinski definition) is 7. The molecule has 2 aromatic carbocycles. The Morgan fingerprint density at radius 2 is 1.46 bits per heavy atom. The van der Waals surface area contributed by atoms with E-state index in [1.54, 1.807) is 30.3 Å². The van der Waals surface area contributed by atoms with Gasteiger partial charge in [0.1, 0.15) is 11.8 Å². The van der Waals surface area contributed by atoms with Gasteiger partial charge in [0.05, 0.1) is 36.9 Å². The van der Waals surface area contributed by atoms with Gasteiger partial charge in [0.15, 0.2) is 23.3 Å². The van der Waals surface area contributed by atoms with Crippen LogP contribution in [0.3, 0.4) is 0 Å². The summed E-state index contributed by atoms with van der Waals surface area (Å²) in [5.74, 6) is -7.53. The number of aromatic amines is 1. The van der Waals surface area contributed by atoms with E-state index in [4.69, 9.17) is 11.5 Å². The van der Waals surface area contributed by atoms with Crippen LogP contribution in [0.5, 0.6) is 0 Å². The summed E-state index contributed by atoms with van der Waals surface area (Å²) < 4.78 is 0. The number of imidazole rings is 1. The molecule has 1 aliphatic carbocycles. The second kappa shape index (κ2) is 25.3. The highest BCUT2D eigenvalue weighted by Gasteiger charge is 2.41. The number of aliphatic imine (C=N–C) groups is 1. The van der Waals surface area contributed by atoms with Crippen LogP contribution in [-0.4, -0.2) is 122 Å². The van der Waals surface area contributed by atoms with Gasteiger partial charge in [0, 0.05) is 73.9 Å². The molecule has 372 valence electrons. The summed E-state index contributed by atoms with van der Waals surface area (Å²) in [5, 5.41) is 10.9. The van der Waals surface area contributed by atoms with Crippen LogP contribution >= 0.6 is 21.6 Å². The topological polar surface area (TPSA) is 298 Å². The van der Waals surface area contributed by atoms with Crippen molar-refractivity contribution in [1.29, 1.82) is 0 Å². The Bertz CT molecular complexity index is 2460. The normalized spacial score (nSPS) is 24.7. The number of H-pyrrole nitrogens is 1. The van der Waals surface area contributed by atoms with E-state index in [1.807, 2.05) is 30.3 Å². The summed E-state index contributed by atoms with van der Waals surface area (Å²) in [7, 11) is 2.28. The molecule has 19 nitrogen and oxygen atoms in total. The van der Waals surface area contributed by atoms with Gasteiger partial charge in [0.2, 0.25) is 17.7 Å². The zero-order valence-electron chi connectivity index (χ0n) is 39.1. The number of hydrogen-bond acceptors (Lipinski definition) is 13. The summed E-state index contributed by atoms with van der Waals surface area (Å²) in [4.78, 5) is 137. The number of imide groups is 1. The highest BCUT2D eigenvalue weighted by molar-refractivity contribution is 8.76. The second-order valence-corrected chi connectivity index (χ2v) is 20.3. The van der Waals surface area contributed by atoms with Gasteiger partial charge in [-0.1, -0.05) is 82.3 Å². The highest BCUT2D eigenvalue weighted by Crippen LogP contribution is 2.33. The Balaban J connectivity index is 1.37. The summed E-state index contributed by atoms with van der Waals surface area (Å²) in [6, 6.07) is 11.1. The second-order valence-electron chi connectivity index (χ2n) is 17.8. The summed E-state index contributed by atoms with van der Waals surface area (Å²) in [6.07, 6.45) is 5.10. The molecule has 1 aromatic heterocycles. The van der Waals surface area contributed by atoms with E-state index in [0.29, 0.717) is 17.7 Å². The molecule has 2 fully saturated rings. The van der Waals surface area contributed by atoms with Crippen LogP contribution in [0.2, 0.25) is 0 Å². The summed E-state index contributed by atoms with van der Waals surface area (Å²) in [6.45, 7) is 2.61. The van der Waals surface area contributed by atoms with E-state index in [9.17, 15) is 43.2 Å². The number of aromatic nitrogens is 2. The smallest absolute Gasteiger partial charge is 0.325 e. The van der Waals surface area contributed by atoms with Crippen LogP contribution in [0.25, 0.3) is 5.57 Å². The van der Waals surface area contributed by atoms with Crippen LogP contribution in [0, 0.1) is 17.8 Å². The molecule has 70 heavy (non-hydrogen) atoms. The highest BCUT2D eigenvalue weighted by atomic mass is 33.1. The van der Waals surface area contributed by atoms with Crippen LogP contribution < -0.4 is 32.7 Å². The van der Waals surface area contributed by atoms with E-state index in [0.717, 1.165) is 32.4 Å². The Morgan fingerprint density at radius 1 is 0.786 bits per heavy atom. The molecule has 3 heterocycles. The fraction of sp³-hybridized carbons (Fsp3) is 0.449. The number of benzene rings is 2. The number of urea groups is 1. The number of nitrogens with two attached hydrogens (primary N) is 2. The van der Waals surface area contributed by atoms with Crippen molar-refractivity contribution < 1.29 is 43.2 Å². The van der Waals surface area contributed by atoms with Gasteiger partial charge in [-0.15, -0.1) is 0 Å². The molecule has 21 heteroatoms. The molecular weight excluding hydrogens is 937 g/mol. The van der Waals surface area contributed by atoms with E-state index in [2.05, 4.69) is 36.2 Å². The first kappa shape index (κ1) is 52.8. The fourth-order valence-electron chi connectivity index (χ4n) is 8.64. The number of carbonyl (C=O) groups is 9. The van der Waals surface area contributed by atoms with E-state index >= 15 is 0 Å². The molecule has 2 saturated heterocycles. The van der Waals surface area contributed by atoms with Gasteiger partial charge in [-0.2, -0.15) is 0 Å². The lowest BCUT2D eigenvalue weighted by molar-refractivity contribution is -0.136. The molecule has 9 N–H and O–H groups in total. The minimum absolute atomic E-state index is 0.00314. The number of amides is 6. The van der Waals surface area contributed by atoms with E-state index in [1.165, 1.54) is 37.2 Å². The van der Waals surface area contributed by atoms with Crippen LogP contribution in [0.4, 0.5) is 4.79 Å². The number of nitrogens with one attached hydrogen (secondary N) is 5. The maximum atomic E-state index is 14.7. The Kier molecular flexibility index (Phi) is 19.1. The summed E-state index contributed by atoms with van der Waals surface area (Å²) >= 11 is 0. The molecule has 0 unspecified atom stereocenters. The van der Waals surface area contributed by atoms with E-state index in [-0.39, 0.29) is 81.3 Å². The zero-order valence-corrected chi connectivity index (χ0v) is 40.8. The van der Waals surface area contributed by atoms with Gasteiger partial charge < -0.3 is 37.7 Å². The number of carbonyl (C=O) groups excluding carboxylic acids is 9. The first-order chi connectivity index (χ1) is 33.6. The predicted molar refractivity (Wildman–Crippen MR) is 266 cm³/mol. The van der Waals surface area contributed by atoms with Crippen molar-refractivity contribution in [2.24, 2.45) is 34.2 Å². The Morgan fingerprint density at radius 3 is 2.14 bits per heavy atom. The molecule has 6 rings (SSSR count). The van der Waals surface area contributed by atoms with Gasteiger partial charge in [-0.25, -0.2) is 14.7 Å². The van der Waals surface area contributed by atoms with Crippen molar-refractivity contribution in [3.05, 3.63) is 95.6 Å². The van der Waals surface area contributed by atoms with Crippen LogP contribution in [0.15, 0.2) is 78.2 Å². The van der Waals surface area contributed by atoms with Gasteiger partial charge in [-0.3, -0.25) is 43.3 Å². The summed E-state index contributed by atoms with van der Waals surface area (Å²) in [5.41, 5.74) is 15.3. The van der Waals surface area contributed by atoms with Crippen molar-refractivity contribution >= 4 is 85.9 Å². The number of ketones is 4. The molecule has 7 atom stereocenters. The van der Waals surface area contributed by atoms with Crippen molar-refractivity contribution in [3.8, 4) is 0 Å². The quantitative estimate of drug-likeness (QED) is 0.0451. The van der Waals surface area contributed by atoms with Crippen LogP contribution in [0.1, 0.15) is 74.8 Å². The van der Waals surface area contributed by atoms with Gasteiger partial charge in [0.25, 0.3) is 5.91 Å². The molecule has 3 aromatic rings. The molecule has 0 bridgehead atoms. The Labute approximate surface area is 413 Å². The number of rotatable bonds is 12. The maximum Gasteiger partial charge on any atom is 0.325 e. The number of nitrogens with zero attached hydrogens (tertiary/aromatic N) is 3. The minimum Gasteiger partial charge on any atom is -0.370 e. The lowest BCUT2D eigenvalue weighted by Crippen LogP contribution is -2.54. The van der Waals surface area contributed by atoms with Crippen molar-refractivity contribution in [3.63, 3.8) is 0 Å². The van der Waals surface area contributed by atoms with Gasteiger partial charge in [-0.05, 0) is 61.8 Å². The first-order valence-corrected chi connectivity index (χ1v) is 25.7. The van der Waals surface area contributed by atoms with Crippen molar-refractivity contribution in [2.45, 2.75) is 95.8 Å². The lowest BCUT2D eigenvalue weighted by Gasteiger charge is -2.26. The first-order valence-electron chi connectivity index (χ1n) is 23.3. The molecular formula is C49H60N10O9S2. The minimum atomic E-state index is -1.37. The molecule has 0 radical (unpaired) electrons. The lowest BCUT2D eigenvalue weighted by atomic mass is 9.88. The van der Waals surface area contributed by atoms with Crippen molar-refractivity contribution in [1.82, 2.24) is 36.1 Å². The van der Waals surface area contributed by atoms with Crippen molar-refractivity contribution in [2.75, 3.05) is 24.6 Å². The average Bonchev–Trinajstić information content (AvgIpc) is 4.08. The average molecular weight is 997 g/mol. The van der Waals surface area contributed by atoms with Gasteiger partial charge >= 0.3 is 6.03 Å². The number of fused-ring (bicyclic) bond motifs is 1. The molecule has 6 amide bonds. The third-order valence-corrected chi connectivity index (χ3v) is 15.1. The zero-order chi connectivity index (χ0) is 50.3. The third-order valence-electron chi connectivity index (χ3n) is 12.6. The monoisotopic (exact) mass is 996 g/mol. The number of Topliss-reactive ketones (excluding diaryl/α,β-unsaturated/α-hetero) is 4. The standard InChI is InChI=1S/C49H60N10O9S2/c1-28-41(61)21-34(18-36-23-52-27-55-36)46(66)57-38(17-30-9-4-3-5-10-30)42(62)20-33(12-8-16-53-48(50)51)45(65)58-39(19-32-15-14-31-11-6-7-13-37(31)32)43(63)22-35(29(2)60)25-69-70-26-40(47(67)56-28)59-44(64)24-54-49(59)68/h3-7,9-11,13,15,23,27-28,33-35,38-40H,8,12,14,16-22,24-26H2,1-2H3,(H,52,55)(H,54,68)(H,56,67)(H,57,66)(H,58,65)(H4,50,51,53)/t28-,33-,34-,35+,38-,39+,40+/m1/s1. The van der Waals surface area contributed by atoms with E-state index < -0.39 is 95.4 Å². The molecule has 0 saturated carbocycles. The molecule has 2 aliphatic heterocycles. The SMILES string of the molecule is CC(=O)[C@@H]1CSSC[C@H](N2C(=O)CNC2=O)C(=O)N[C@H](C)C(=O)C[C@@H](Cc2cnc[nH]2)C(=O)N[C@H](Cc2ccccc2)C(=O)C[C@@H](CCCN=C(N)N)C(=O)N[C@@H](CC2=CCc3ccccc32)C(=O)C1. The Hall–Kier alpha value is -6.61. The predicted octanol–water partition coefficient (Wildman–Crippen LogP) is 2.38. The number of allylic oxidation sites excluding steroid dienone is 1. The largest absolute Gasteiger partial charge is 0.370 e. The number of guanidine groups is 1. The fourth-order valence-corrected chi connectivity index (χ4v) is 11.2.